The number of quaternary nitrogens is 1. The second-order valence-electron chi connectivity index (χ2n) is 3.41. The molecule has 0 aromatic heterocycles. The average molecular weight is 235 g/mol. The molecule has 15 heavy (non-hydrogen) atoms. The Morgan fingerprint density at radius 2 is 1.87 bits per heavy atom. The lowest BCUT2D eigenvalue weighted by Crippen LogP contribution is -3.27. The molecule has 0 spiro atoms. The molecule has 2 atom stereocenters. The van der Waals surface area contributed by atoms with E-state index in [0.717, 1.165) is 17.9 Å². The zero-order valence-electron chi connectivity index (χ0n) is 9.62. The van der Waals surface area contributed by atoms with E-state index in [0.29, 0.717) is 0 Å². The van der Waals surface area contributed by atoms with Gasteiger partial charge in [0.1, 0.15) is 0 Å². The van der Waals surface area contributed by atoms with E-state index in [-0.39, 0.29) is 11.7 Å². The van der Waals surface area contributed by atoms with Crippen molar-refractivity contribution in [2.45, 2.75) is 12.1 Å². The number of carbonyl (C=O) groups is 1. The summed E-state index contributed by atoms with van der Waals surface area (Å²) < 4.78 is 16.1. The van der Waals surface area contributed by atoms with Gasteiger partial charge in [-0.15, -0.1) is 0 Å². The van der Waals surface area contributed by atoms with Crippen molar-refractivity contribution in [3.63, 3.8) is 0 Å². The highest BCUT2D eigenvalue weighted by Crippen LogP contribution is 2.15. The SMILES string of the molecule is CNC(=O)[NH+]1CCC1[Si](OC)(OC)OC. The number of nitrogens with one attached hydrogen (secondary N) is 2. The van der Waals surface area contributed by atoms with Crippen molar-refractivity contribution in [2.24, 2.45) is 0 Å². The molecule has 2 N–H and O–H groups in total. The van der Waals surface area contributed by atoms with E-state index < -0.39 is 8.80 Å². The van der Waals surface area contributed by atoms with Crippen molar-refractivity contribution >= 4 is 14.8 Å². The maximum atomic E-state index is 11.5. The van der Waals surface area contributed by atoms with E-state index in [1.54, 1.807) is 28.4 Å². The molecule has 6 nitrogen and oxygen atoms in total. The Hall–Kier alpha value is -0.473. The summed E-state index contributed by atoms with van der Waals surface area (Å²) in [5.41, 5.74) is 0.0115. The lowest BCUT2D eigenvalue weighted by molar-refractivity contribution is -0.878. The number of likely N-dealkylation sites (tertiary alicyclic amines) is 1. The summed E-state index contributed by atoms with van der Waals surface area (Å²) in [6.07, 6.45) is 0.893. The summed E-state index contributed by atoms with van der Waals surface area (Å²) in [6, 6.07) is -0.0331. The fourth-order valence-electron chi connectivity index (χ4n) is 1.93. The third kappa shape index (κ3) is 2.06. The lowest BCUT2D eigenvalue weighted by Gasteiger charge is -2.41. The molecule has 1 saturated heterocycles. The minimum atomic E-state index is -2.67. The van der Waals surface area contributed by atoms with Crippen LogP contribution in [0.15, 0.2) is 0 Å². The molecule has 1 heterocycles. The fourth-order valence-corrected chi connectivity index (χ4v) is 4.49. The molecule has 88 valence electrons. The molecular weight excluding hydrogens is 216 g/mol. The summed E-state index contributed by atoms with van der Waals surface area (Å²) in [7, 11) is 3.66. The Morgan fingerprint density at radius 3 is 2.13 bits per heavy atom. The van der Waals surface area contributed by atoms with Crippen LogP contribution in [0.25, 0.3) is 0 Å². The lowest BCUT2D eigenvalue weighted by atomic mass is 10.2. The summed E-state index contributed by atoms with van der Waals surface area (Å²) in [5.74, 6) is 0. The fraction of sp³-hybridized carbons (Fsp3) is 0.875. The second kappa shape index (κ2) is 5.04. The summed E-state index contributed by atoms with van der Waals surface area (Å²) in [6.45, 7) is 0.801. The molecule has 0 aliphatic carbocycles. The van der Waals surface area contributed by atoms with Gasteiger partial charge in [0.05, 0.1) is 13.0 Å². The molecule has 0 aromatic rings. The van der Waals surface area contributed by atoms with E-state index in [1.807, 2.05) is 0 Å². The molecule has 1 aliphatic heterocycles. The van der Waals surface area contributed by atoms with Crippen molar-refractivity contribution in [3.8, 4) is 0 Å². The van der Waals surface area contributed by atoms with E-state index in [9.17, 15) is 4.79 Å². The van der Waals surface area contributed by atoms with Gasteiger partial charge in [-0.05, 0) is 0 Å². The standard InChI is InChI=1S/C8H18N2O4Si/c1-9-8(11)10-6-5-7(10)15(12-2,13-3)14-4/h7H,5-6H2,1-4H3,(H,9,11)/p+1. The molecule has 0 bridgehead atoms. The average Bonchev–Trinajstić information content (AvgIpc) is 2.24. The van der Waals surface area contributed by atoms with Crippen LogP contribution in [0, 0.1) is 0 Å². The van der Waals surface area contributed by atoms with Crippen LogP contribution in [0.5, 0.6) is 0 Å². The molecule has 2 unspecified atom stereocenters. The topological polar surface area (TPSA) is 61.2 Å². The Morgan fingerprint density at radius 1 is 1.33 bits per heavy atom. The van der Waals surface area contributed by atoms with Crippen LogP contribution in [0.1, 0.15) is 6.42 Å². The van der Waals surface area contributed by atoms with E-state index >= 15 is 0 Å². The summed E-state index contributed by atoms with van der Waals surface area (Å²) >= 11 is 0. The number of rotatable bonds is 4. The third-order valence-electron chi connectivity index (χ3n) is 2.92. The molecule has 0 radical (unpaired) electrons. The van der Waals surface area contributed by atoms with Crippen molar-refractivity contribution in [1.29, 1.82) is 0 Å². The summed E-state index contributed by atoms with van der Waals surface area (Å²) in [5, 5.41) is 2.62. The molecule has 2 amide bonds. The number of hydrogen-bond donors (Lipinski definition) is 2. The van der Waals surface area contributed by atoms with E-state index in [2.05, 4.69) is 5.32 Å². The molecule has 0 aromatic carbocycles. The quantitative estimate of drug-likeness (QED) is 0.576. The first-order valence-electron chi connectivity index (χ1n) is 4.88. The first-order valence-corrected chi connectivity index (χ1v) is 6.68. The summed E-state index contributed by atoms with van der Waals surface area (Å²) in [4.78, 5) is 12.3. The van der Waals surface area contributed by atoms with Crippen LogP contribution in [0.3, 0.4) is 0 Å². The van der Waals surface area contributed by atoms with Gasteiger partial charge in [-0.2, -0.15) is 0 Å². The third-order valence-corrected chi connectivity index (χ3v) is 6.12. The van der Waals surface area contributed by atoms with Gasteiger partial charge in [0, 0.05) is 28.4 Å². The van der Waals surface area contributed by atoms with Gasteiger partial charge in [0.15, 0.2) is 5.67 Å². The largest absolute Gasteiger partial charge is 0.562 e. The van der Waals surface area contributed by atoms with Crippen molar-refractivity contribution in [1.82, 2.24) is 5.32 Å². The van der Waals surface area contributed by atoms with Gasteiger partial charge >= 0.3 is 14.8 Å². The molecule has 1 rings (SSSR count). The number of hydrogen-bond acceptors (Lipinski definition) is 4. The Kier molecular flexibility index (Phi) is 4.23. The van der Waals surface area contributed by atoms with Crippen LogP contribution in [0.2, 0.25) is 0 Å². The van der Waals surface area contributed by atoms with Gasteiger partial charge in [-0.3, -0.25) is 0 Å². The molecule has 1 fully saturated rings. The highest BCUT2D eigenvalue weighted by Gasteiger charge is 2.60. The van der Waals surface area contributed by atoms with Crippen molar-refractivity contribution in [2.75, 3.05) is 34.9 Å². The molecule has 1 aliphatic rings. The van der Waals surface area contributed by atoms with Crippen LogP contribution >= 0.6 is 0 Å². The predicted octanol–water partition coefficient (Wildman–Crippen LogP) is -1.60. The van der Waals surface area contributed by atoms with E-state index in [1.165, 1.54) is 0 Å². The van der Waals surface area contributed by atoms with Crippen molar-refractivity contribution < 1.29 is 23.0 Å². The smallest absolute Gasteiger partial charge is 0.373 e. The monoisotopic (exact) mass is 235 g/mol. The second-order valence-corrected chi connectivity index (χ2v) is 6.54. The maximum absolute atomic E-state index is 11.5. The zero-order chi connectivity index (χ0) is 11.5. The Labute approximate surface area is 90.9 Å². The number of amides is 2. The molecular formula is C8H19N2O4Si+. The Bertz CT molecular complexity index is 226. The van der Waals surface area contributed by atoms with Gasteiger partial charge in [-0.25, -0.2) is 9.69 Å². The van der Waals surface area contributed by atoms with Crippen LogP contribution < -0.4 is 10.2 Å². The number of carbonyl (C=O) groups excluding carboxylic acids is 1. The first kappa shape index (κ1) is 12.6. The predicted molar refractivity (Wildman–Crippen MR) is 55.5 cm³/mol. The van der Waals surface area contributed by atoms with Crippen LogP contribution in [0.4, 0.5) is 4.79 Å². The van der Waals surface area contributed by atoms with E-state index in [4.69, 9.17) is 13.3 Å². The normalized spacial score (nSPS) is 25.9. The van der Waals surface area contributed by atoms with Gasteiger partial charge in [0.2, 0.25) is 0 Å². The van der Waals surface area contributed by atoms with Gasteiger partial charge in [-0.1, -0.05) is 0 Å². The molecule has 0 saturated carbocycles. The van der Waals surface area contributed by atoms with Crippen molar-refractivity contribution in [3.05, 3.63) is 0 Å². The Balaban J connectivity index is 2.73. The maximum Gasteiger partial charge on any atom is 0.562 e. The highest BCUT2D eigenvalue weighted by molar-refractivity contribution is 6.62. The molecule has 7 heteroatoms. The minimum absolute atomic E-state index is 0.0115. The number of urea groups is 1. The van der Waals surface area contributed by atoms with Gasteiger partial charge in [0.25, 0.3) is 0 Å². The van der Waals surface area contributed by atoms with Crippen LogP contribution in [-0.2, 0) is 13.3 Å². The first-order chi connectivity index (χ1) is 7.15. The van der Waals surface area contributed by atoms with Crippen LogP contribution in [-0.4, -0.2) is 55.4 Å². The highest BCUT2D eigenvalue weighted by atomic mass is 28.4. The minimum Gasteiger partial charge on any atom is -0.373 e. The van der Waals surface area contributed by atoms with Gasteiger partial charge < -0.3 is 18.6 Å². The zero-order valence-corrected chi connectivity index (χ0v) is 10.6.